The maximum absolute atomic E-state index is 13.4. The molecule has 0 aliphatic carbocycles. The van der Waals surface area contributed by atoms with E-state index in [1.165, 1.54) is 22.2 Å². The minimum absolute atomic E-state index is 0.0255. The van der Waals surface area contributed by atoms with Crippen LogP contribution in [0.1, 0.15) is 32.4 Å². The summed E-state index contributed by atoms with van der Waals surface area (Å²) >= 11 is 5.95. The Bertz CT molecular complexity index is 1140. The van der Waals surface area contributed by atoms with Crippen molar-refractivity contribution in [3.63, 3.8) is 0 Å². The fourth-order valence-corrected chi connectivity index (χ4v) is 4.75. The number of rotatable bonds is 8. The van der Waals surface area contributed by atoms with E-state index < -0.39 is 16.0 Å². The average Bonchev–Trinajstić information content (AvgIpc) is 2.99. The lowest BCUT2D eigenvalue weighted by Crippen LogP contribution is -2.16. The number of aryl methyl sites for hydroxylation is 1. The molecular weight excluding hydrogens is 416 g/mol. The molecule has 0 radical (unpaired) electrons. The van der Waals surface area contributed by atoms with Crippen LogP contribution in [0.4, 0.5) is 0 Å². The van der Waals surface area contributed by atoms with Crippen LogP contribution < -0.4 is 4.74 Å². The smallest absolute Gasteiger partial charge is 0.303 e. The van der Waals surface area contributed by atoms with Crippen LogP contribution in [-0.4, -0.2) is 34.6 Å². The summed E-state index contributed by atoms with van der Waals surface area (Å²) in [6.45, 7) is 3.77. The molecule has 0 fully saturated rings. The second kappa shape index (κ2) is 8.42. The Hall–Kier alpha value is -2.58. The Kier molecular flexibility index (Phi) is 6.14. The van der Waals surface area contributed by atoms with Crippen LogP contribution in [0.3, 0.4) is 0 Å². The molecule has 3 rings (SSSR count). The number of halogens is 1. The number of pyridine rings is 1. The number of carbonyl (C=O) groups is 1. The van der Waals surface area contributed by atoms with Crippen LogP contribution in [0.5, 0.6) is 5.75 Å². The van der Waals surface area contributed by atoms with Crippen LogP contribution >= 0.6 is 11.6 Å². The summed E-state index contributed by atoms with van der Waals surface area (Å²) in [6.07, 6.45) is 0.490. The van der Waals surface area contributed by atoms with E-state index in [0.717, 1.165) is 0 Å². The van der Waals surface area contributed by atoms with Gasteiger partial charge in [-0.25, -0.2) is 17.4 Å². The van der Waals surface area contributed by atoms with Gasteiger partial charge in [-0.2, -0.15) is 0 Å². The first-order chi connectivity index (χ1) is 13.7. The van der Waals surface area contributed by atoms with Crippen LogP contribution in [0, 0.1) is 0 Å². The number of carboxylic acid groups (broad SMARTS) is 1. The Labute approximate surface area is 173 Å². The Morgan fingerprint density at radius 1 is 1.21 bits per heavy atom. The molecule has 3 aromatic rings. The van der Waals surface area contributed by atoms with Gasteiger partial charge in [0.15, 0.2) is 0 Å². The van der Waals surface area contributed by atoms with Crippen LogP contribution in [0.15, 0.2) is 47.4 Å². The van der Waals surface area contributed by atoms with E-state index in [1.54, 1.807) is 24.3 Å². The Balaban J connectivity index is 2.06. The monoisotopic (exact) mass is 436 g/mol. The molecule has 0 aliphatic rings. The molecule has 1 N–H and O–H groups in total. The second-order valence-electron chi connectivity index (χ2n) is 6.83. The molecule has 2 aromatic heterocycles. The van der Waals surface area contributed by atoms with Crippen molar-refractivity contribution in [3.8, 4) is 5.75 Å². The largest absolute Gasteiger partial charge is 0.491 e. The molecule has 29 heavy (non-hydrogen) atoms. The molecule has 7 nitrogen and oxygen atoms in total. The lowest BCUT2D eigenvalue weighted by molar-refractivity contribution is -0.137. The summed E-state index contributed by atoms with van der Waals surface area (Å²) < 4.78 is 33.6. The maximum Gasteiger partial charge on any atom is 0.303 e. The van der Waals surface area contributed by atoms with Crippen LogP contribution in [0.2, 0.25) is 5.15 Å². The van der Waals surface area contributed by atoms with Gasteiger partial charge in [-0.05, 0) is 69.2 Å². The number of hydrogen-bond acceptors (Lipinski definition) is 5. The number of benzene rings is 1. The van der Waals surface area contributed by atoms with Gasteiger partial charge >= 0.3 is 5.97 Å². The van der Waals surface area contributed by atoms with Crippen molar-refractivity contribution in [1.29, 1.82) is 0 Å². The predicted octanol–water partition coefficient (Wildman–Crippen LogP) is 4.12. The quantitative estimate of drug-likeness (QED) is 0.533. The number of fused-ring (bicyclic) bond motifs is 1. The highest BCUT2D eigenvalue weighted by Crippen LogP contribution is 2.28. The number of hydrogen-bond donors (Lipinski definition) is 1. The number of ether oxygens (including phenoxy) is 1. The zero-order chi connectivity index (χ0) is 21.2. The number of nitrogens with zero attached hydrogens (tertiary/aromatic N) is 2. The number of aliphatic carboxylic acids is 1. The van der Waals surface area contributed by atoms with E-state index in [9.17, 15) is 13.2 Å². The molecule has 0 atom stereocenters. The molecule has 0 unspecified atom stereocenters. The van der Waals surface area contributed by atoms with Crippen molar-refractivity contribution in [2.75, 3.05) is 0 Å². The van der Waals surface area contributed by atoms with Gasteiger partial charge in [0.1, 0.15) is 10.9 Å². The minimum Gasteiger partial charge on any atom is -0.491 e. The van der Waals surface area contributed by atoms with E-state index in [1.807, 2.05) is 13.8 Å². The molecule has 2 heterocycles. The fourth-order valence-electron chi connectivity index (χ4n) is 3.04. The molecule has 1 aromatic carbocycles. The summed E-state index contributed by atoms with van der Waals surface area (Å²) in [7, 11) is -3.93. The first-order valence-electron chi connectivity index (χ1n) is 9.09. The second-order valence-corrected chi connectivity index (χ2v) is 9.00. The minimum atomic E-state index is -3.93. The van der Waals surface area contributed by atoms with Crippen molar-refractivity contribution < 1.29 is 23.1 Å². The van der Waals surface area contributed by atoms with E-state index in [4.69, 9.17) is 21.4 Å². The zero-order valence-electron chi connectivity index (χ0n) is 16.0. The first-order valence-corrected chi connectivity index (χ1v) is 10.9. The third-order valence-corrected chi connectivity index (χ3v) is 6.20. The van der Waals surface area contributed by atoms with Gasteiger partial charge in [-0.3, -0.25) is 4.79 Å². The Morgan fingerprint density at radius 3 is 2.52 bits per heavy atom. The number of aromatic nitrogens is 2. The lowest BCUT2D eigenvalue weighted by Gasteiger charge is -2.13. The van der Waals surface area contributed by atoms with Crippen molar-refractivity contribution in [2.45, 2.75) is 44.1 Å². The van der Waals surface area contributed by atoms with E-state index in [0.29, 0.717) is 28.9 Å². The summed E-state index contributed by atoms with van der Waals surface area (Å²) in [5, 5.41) is 9.15. The standard InChI is InChI=1S/C20H21ClN2O5S/c1-13(2)28-15-6-8-16(9-7-15)29(26,27)23-14(4-3-5-20(24)25)12-17-18(23)10-11-19(21)22-17/h6-13H,3-5H2,1-2H3,(H,24,25). The first kappa shape index (κ1) is 21.1. The summed E-state index contributed by atoms with van der Waals surface area (Å²) in [5.41, 5.74) is 1.28. The van der Waals surface area contributed by atoms with Gasteiger partial charge in [0.05, 0.1) is 22.0 Å². The summed E-state index contributed by atoms with van der Waals surface area (Å²) in [4.78, 5) is 15.1. The molecule has 0 amide bonds. The highest BCUT2D eigenvalue weighted by atomic mass is 35.5. The summed E-state index contributed by atoms with van der Waals surface area (Å²) in [6, 6.07) is 11.0. The lowest BCUT2D eigenvalue weighted by atomic mass is 10.2. The van der Waals surface area contributed by atoms with Crippen LogP contribution in [-0.2, 0) is 21.2 Å². The van der Waals surface area contributed by atoms with Gasteiger partial charge < -0.3 is 9.84 Å². The molecule has 154 valence electrons. The van der Waals surface area contributed by atoms with Crippen molar-refractivity contribution >= 4 is 38.6 Å². The topological polar surface area (TPSA) is 98.5 Å². The van der Waals surface area contributed by atoms with Gasteiger partial charge in [0, 0.05) is 12.1 Å². The predicted molar refractivity (Wildman–Crippen MR) is 110 cm³/mol. The Morgan fingerprint density at radius 2 is 1.90 bits per heavy atom. The number of carboxylic acids is 1. The maximum atomic E-state index is 13.4. The van der Waals surface area contributed by atoms with E-state index >= 15 is 0 Å². The highest BCUT2D eigenvalue weighted by molar-refractivity contribution is 7.90. The van der Waals surface area contributed by atoms with E-state index in [-0.39, 0.29) is 29.0 Å². The van der Waals surface area contributed by atoms with Crippen molar-refractivity contribution in [3.05, 3.63) is 53.3 Å². The SMILES string of the molecule is CC(C)Oc1ccc(S(=O)(=O)n2c(CCCC(=O)O)cc3nc(Cl)ccc32)cc1. The highest BCUT2D eigenvalue weighted by Gasteiger charge is 2.24. The van der Waals surface area contributed by atoms with Gasteiger partial charge in [-0.15, -0.1) is 0 Å². The van der Waals surface area contributed by atoms with Gasteiger partial charge in [0.25, 0.3) is 10.0 Å². The van der Waals surface area contributed by atoms with Gasteiger partial charge in [0.2, 0.25) is 0 Å². The van der Waals surface area contributed by atoms with Crippen molar-refractivity contribution in [2.24, 2.45) is 0 Å². The molecule has 0 aliphatic heterocycles. The molecule has 0 saturated heterocycles. The van der Waals surface area contributed by atoms with Crippen LogP contribution in [0.25, 0.3) is 11.0 Å². The zero-order valence-corrected chi connectivity index (χ0v) is 17.6. The molecular formula is C20H21ClN2O5S. The van der Waals surface area contributed by atoms with E-state index in [2.05, 4.69) is 4.98 Å². The molecule has 0 saturated carbocycles. The third-order valence-electron chi connectivity index (χ3n) is 4.21. The molecule has 0 spiro atoms. The molecule has 9 heteroatoms. The fraction of sp³-hybridized carbons (Fsp3) is 0.300. The summed E-state index contributed by atoms with van der Waals surface area (Å²) in [5.74, 6) is -0.358. The normalized spacial score (nSPS) is 11.9. The molecule has 0 bridgehead atoms. The average molecular weight is 437 g/mol. The van der Waals surface area contributed by atoms with Crippen molar-refractivity contribution in [1.82, 2.24) is 8.96 Å². The third kappa shape index (κ3) is 4.71. The van der Waals surface area contributed by atoms with Gasteiger partial charge in [-0.1, -0.05) is 11.6 Å².